The molecular formula is C21H25FN4O3S2. The molecule has 0 fully saturated rings. The number of anilines is 1. The number of thiazole rings is 1. The van der Waals surface area contributed by atoms with Crippen LogP contribution < -0.4 is 4.90 Å². The molecule has 166 valence electrons. The molecule has 0 aliphatic carbocycles. The van der Waals surface area contributed by atoms with Crippen LogP contribution in [-0.2, 0) is 10.0 Å². The topological polar surface area (TPSA) is 73.8 Å². The maximum atomic E-state index is 14.1. The molecule has 0 spiro atoms. The van der Waals surface area contributed by atoms with E-state index in [-0.39, 0.29) is 16.3 Å². The molecule has 0 atom stereocenters. The molecule has 7 nitrogen and oxygen atoms in total. The Labute approximate surface area is 185 Å². The van der Waals surface area contributed by atoms with Gasteiger partial charge in [-0.1, -0.05) is 17.4 Å². The summed E-state index contributed by atoms with van der Waals surface area (Å²) in [4.78, 5) is 21.3. The van der Waals surface area contributed by atoms with Crippen molar-refractivity contribution in [2.45, 2.75) is 11.3 Å². The van der Waals surface area contributed by atoms with Crippen LogP contribution in [-0.4, -0.2) is 69.8 Å². The third kappa shape index (κ3) is 5.09. The molecule has 0 radical (unpaired) electrons. The van der Waals surface area contributed by atoms with Crippen LogP contribution >= 0.6 is 11.3 Å². The Morgan fingerprint density at radius 2 is 1.71 bits per heavy atom. The molecule has 0 saturated heterocycles. The fourth-order valence-corrected chi connectivity index (χ4v) is 4.89. The highest BCUT2D eigenvalue weighted by Gasteiger charge is 2.23. The van der Waals surface area contributed by atoms with E-state index in [1.807, 2.05) is 19.0 Å². The SMILES string of the molecule is CN(C)CCCN(C(=O)c1ccc(S(=O)(=O)N(C)C)cc1)c1nc2c(F)cccc2s1. The number of amides is 1. The zero-order chi connectivity index (χ0) is 22.8. The number of rotatable bonds is 8. The number of fused-ring (bicyclic) bond motifs is 1. The lowest BCUT2D eigenvalue weighted by atomic mass is 10.2. The van der Waals surface area contributed by atoms with E-state index in [0.29, 0.717) is 28.4 Å². The standard InChI is InChI=1S/C21H25FN4O3S2/c1-24(2)13-6-14-26(21-23-19-17(22)7-5-8-18(19)30-21)20(27)15-9-11-16(12-10-15)31(28,29)25(3)4/h5,7-12H,6,13-14H2,1-4H3. The Balaban J connectivity index is 1.94. The van der Waals surface area contributed by atoms with E-state index < -0.39 is 15.8 Å². The van der Waals surface area contributed by atoms with Gasteiger partial charge in [-0.2, -0.15) is 0 Å². The number of para-hydroxylation sites is 1. The third-order valence-electron chi connectivity index (χ3n) is 4.70. The number of carbonyl (C=O) groups is 1. The summed E-state index contributed by atoms with van der Waals surface area (Å²) in [6.45, 7) is 1.17. The molecule has 0 bridgehead atoms. The van der Waals surface area contributed by atoms with Gasteiger partial charge >= 0.3 is 0 Å². The minimum atomic E-state index is -3.59. The summed E-state index contributed by atoms with van der Waals surface area (Å²) in [5.41, 5.74) is 0.572. The van der Waals surface area contributed by atoms with Crippen molar-refractivity contribution >= 4 is 42.6 Å². The summed E-state index contributed by atoms with van der Waals surface area (Å²) >= 11 is 1.25. The van der Waals surface area contributed by atoms with Crippen LogP contribution in [0.3, 0.4) is 0 Å². The summed E-state index contributed by atoms with van der Waals surface area (Å²) in [6.07, 6.45) is 0.699. The van der Waals surface area contributed by atoms with Crippen LogP contribution in [0.1, 0.15) is 16.8 Å². The van der Waals surface area contributed by atoms with Gasteiger partial charge in [-0.3, -0.25) is 9.69 Å². The first-order valence-corrected chi connectivity index (χ1v) is 11.9. The second-order valence-electron chi connectivity index (χ2n) is 7.51. The second kappa shape index (κ2) is 9.39. The lowest BCUT2D eigenvalue weighted by Crippen LogP contribution is -2.33. The Kier molecular flexibility index (Phi) is 7.05. The van der Waals surface area contributed by atoms with Crippen molar-refractivity contribution in [3.05, 3.63) is 53.8 Å². The quantitative estimate of drug-likeness (QED) is 0.512. The van der Waals surface area contributed by atoms with Gasteiger partial charge in [0.2, 0.25) is 10.0 Å². The van der Waals surface area contributed by atoms with E-state index in [1.165, 1.54) is 60.7 Å². The fraction of sp³-hybridized carbons (Fsp3) is 0.333. The van der Waals surface area contributed by atoms with Crippen LogP contribution in [0.2, 0.25) is 0 Å². The van der Waals surface area contributed by atoms with Gasteiger partial charge in [-0.05, 0) is 63.5 Å². The molecule has 1 heterocycles. The van der Waals surface area contributed by atoms with Crippen molar-refractivity contribution in [1.82, 2.24) is 14.2 Å². The number of benzene rings is 2. The molecule has 1 aromatic heterocycles. The Hall–Kier alpha value is -2.40. The molecule has 0 N–H and O–H groups in total. The first-order chi connectivity index (χ1) is 14.6. The van der Waals surface area contributed by atoms with Gasteiger partial charge in [0.1, 0.15) is 11.3 Å². The van der Waals surface area contributed by atoms with Crippen molar-refractivity contribution in [3.63, 3.8) is 0 Å². The number of aromatic nitrogens is 1. The van der Waals surface area contributed by atoms with Crippen LogP contribution in [0.5, 0.6) is 0 Å². The van der Waals surface area contributed by atoms with Crippen LogP contribution in [0.15, 0.2) is 47.4 Å². The molecule has 3 rings (SSSR count). The summed E-state index contributed by atoms with van der Waals surface area (Å²) in [5.74, 6) is -0.744. The Morgan fingerprint density at radius 1 is 1.03 bits per heavy atom. The molecule has 10 heteroatoms. The lowest BCUT2D eigenvalue weighted by molar-refractivity contribution is 0.0986. The largest absolute Gasteiger partial charge is 0.309 e. The smallest absolute Gasteiger partial charge is 0.260 e. The molecule has 0 aliphatic heterocycles. The van der Waals surface area contributed by atoms with Gasteiger partial charge in [0.05, 0.1) is 9.60 Å². The van der Waals surface area contributed by atoms with Crippen molar-refractivity contribution < 1.29 is 17.6 Å². The summed E-state index contributed by atoms with van der Waals surface area (Å²) in [7, 11) is 3.21. The number of sulfonamides is 1. The fourth-order valence-electron chi connectivity index (χ4n) is 2.98. The Bertz CT molecular complexity index is 1180. The second-order valence-corrected chi connectivity index (χ2v) is 10.7. The number of hydrogen-bond acceptors (Lipinski definition) is 6. The number of nitrogens with zero attached hydrogens (tertiary/aromatic N) is 4. The predicted molar refractivity (Wildman–Crippen MR) is 122 cm³/mol. The van der Waals surface area contributed by atoms with Gasteiger partial charge in [-0.15, -0.1) is 0 Å². The highest BCUT2D eigenvalue weighted by atomic mass is 32.2. The molecule has 0 aliphatic rings. The first kappa shape index (κ1) is 23.3. The minimum absolute atomic E-state index is 0.107. The van der Waals surface area contributed by atoms with E-state index in [2.05, 4.69) is 4.98 Å². The zero-order valence-electron chi connectivity index (χ0n) is 17.9. The Morgan fingerprint density at radius 3 is 2.29 bits per heavy atom. The van der Waals surface area contributed by atoms with E-state index in [4.69, 9.17) is 0 Å². The lowest BCUT2D eigenvalue weighted by Gasteiger charge is -2.21. The normalized spacial score (nSPS) is 12.1. The van der Waals surface area contributed by atoms with Gasteiger partial charge in [-0.25, -0.2) is 22.1 Å². The maximum absolute atomic E-state index is 14.1. The monoisotopic (exact) mass is 464 g/mol. The summed E-state index contributed by atoms with van der Waals surface area (Å²) < 4.78 is 40.5. The van der Waals surface area contributed by atoms with Crippen molar-refractivity contribution in [3.8, 4) is 0 Å². The van der Waals surface area contributed by atoms with Crippen molar-refractivity contribution in [1.29, 1.82) is 0 Å². The molecule has 31 heavy (non-hydrogen) atoms. The van der Waals surface area contributed by atoms with Crippen molar-refractivity contribution in [2.24, 2.45) is 0 Å². The first-order valence-electron chi connectivity index (χ1n) is 9.65. The van der Waals surface area contributed by atoms with Crippen LogP contribution in [0, 0.1) is 5.82 Å². The van der Waals surface area contributed by atoms with Gasteiger partial charge in [0.15, 0.2) is 5.13 Å². The zero-order valence-corrected chi connectivity index (χ0v) is 19.5. The summed E-state index contributed by atoms with van der Waals surface area (Å²) in [5, 5.41) is 0.411. The van der Waals surface area contributed by atoms with Crippen LogP contribution in [0.4, 0.5) is 9.52 Å². The van der Waals surface area contributed by atoms with Crippen molar-refractivity contribution in [2.75, 3.05) is 46.2 Å². The molecule has 1 amide bonds. The summed E-state index contributed by atoms with van der Waals surface area (Å²) in [6, 6.07) is 10.5. The molecule has 2 aromatic carbocycles. The molecule has 3 aromatic rings. The highest BCUT2D eigenvalue weighted by molar-refractivity contribution is 7.89. The minimum Gasteiger partial charge on any atom is -0.309 e. The van der Waals surface area contributed by atoms with Gasteiger partial charge < -0.3 is 4.90 Å². The average molecular weight is 465 g/mol. The van der Waals surface area contributed by atoms with Crippen LogP contribution in [0.25, 0.3) is 10.2 Å². The average Bonchev–Trinajstić information content (AvgIpc) is 3.16. The number of hydrogen-bond donors (Lipinski definition) is 0. The number of halogens is 1. The van der Waals surface area contributed by atoms with E-state index in [1.54, 1.807) is 12.1 Å². The van der Waals surface area contributed by atoms with Gasteiger partial charge in [0.25, 0.3) is 5.91 Å². The highest BCUT2D eigenvalue weighted by Crippen LogP contribution is 2.31. The van der Waals surface area contributed by atoms with E-state index >= 15 is 0 Å². The predicted octanol–water partition coefficient (Wildman–Crippen LogP) is 3.28. The molecule has 0 unspecified atom stereocenters. The molecular weight excluding hydrogens is 439 g/mol. The van der Waals surface area contributed by atoms with E-state index in [9.17, 15) is 17.6 Å². The third-order valence-corrected chi connectivity index (χ3v) is 7.57. The van der Waals surface area contributed by atoms with Gasteiger partial charge in [0, 0.05) is 26.2 Å². The number of carbonyl (C=O) groups excluding carboxylic acids is 1. The maximum Gasteiger partial charge on any atom is 0.260 e. The molecule has 0 saturated carbocycles. The van der Waals surface area contributed by atoms with E-state index in [0.717, 1.165) is 10.8 Å².